The fourth-order valence-electron chi connectivity index (χ4n) is 1.09. The number of nitrogens with two attached hydrogens (primary N) is 1. The van der Waals surface area contributed by atoms with Crippen LogP contribution < -0.4 is 10.5 Å². The summed E-state index contributed by atoms with van der Waals surface area (Å²) in [4.78, 5) is 11.2. The first-order chi connectivity index (χ1) is 7.71. The Morgan fingerprint density at radius 3 is 2.47 bits per heavy atom. The van der Waals surface area contributed by atoms with Gasteiger partial charge < -0.3 is 5.32 Å². The van der Waals surface area contributed by atoms with Gasteiger partial charge in [-0.1, -0.05) is 25.4 Å². The lowest BCUT2D eigenvalue weighted by Crippen LogP contribution is -2.18. The summed E-state index contributed by atoms with van der Waals surface area (Å²) in [6.07, 6.45) is 0. The first-order valence-electron chi connectivity index (χ1n) is 4.85. The van der Waals surface area contributed by atoms with E-state index in [4.69, 9.17) is 16.7 Å². The maximum atomic E-state index is 11.4. The monoisotopic (exact) mass is 276 g/mol. The van der Waals surface area contributed by atoms with Gasteiger partial charge in [-0.25, -0.2) is 13.6 Å². The van der Waals surface area contributed by atoms with E-state index in [-0.39, 0.29) is 21.7 Å². The van der Waals surface area contributed by atoms with Crippen LogP contribution in [0.15, 0.2) is 23.1 Å². The van der Waals surface area contributed by atoms with Crippen LogP contribution in [0.4, 0.5) is 5.69 Å². The van der Waals surface area contributed by atoms with Crippen LogP contribution in [-0.2, 0) is 14.8 Å². The Kier molecular flexibility index (Phi) is 4.13. The number of carbonyl (C=O) groups excluding carboxylic acids is 1. The van der Waals surface area contributed by atoms with Gasteiger partial charge in [0.15, 0.2) is 0 Å². The Labute approximate surface area is 105 Å². The molecule has 0 heterocycles. The molecule has 3 N–H and O–H groups in total. The third-order valence-electron chi connectivity index (χ3n) is 2.03. The van der Waals surface area contributed by atoms with Crippen LogP contribution in [0, 0.1) is 5.92 Å². The molecule has 17 heavy (non-hydrogen) atoms. The summed E-state index contributed by atoms with van der Waals surface area (Å²) in [7, 11) is -3.90. The first kappa shape index (κ1) is 14.0. The van der Waals surface area contributed by atoms with Crippen LogP contribution in [0.1, 0.15) is 13.8 Å². The average molecular weight is 277 g/mol. The number of amides is 1. The van der Waals surface area contributed by atoms with Crippen molar-refractivity contribution < 1.29 is 13.2 Å². The van der Waals surface area contributed by atoms with Crippen molar-refractivity contribution in [3.05, 3.63) is 23.2 Å². The van der Waals surface area contributed by atoms with E-state index in [0.29, 0.717) is 5.69 Å². The van der Waals surface area contributed by atoms with Crippen LogP contribution in [0.2, 0.25) is 5.02 Å². The molecule has 0 atom stereocenters. The molecule has 94 valence electrons. The Morgan fingerprint density at radius 2 is 2.00 bits per heavy atom. The van der Waals surface area contributed by atoms with Crippen LogP contribution in [-0.4, -0.2) is 14.3 Å². The minimum absolute atomic E-state index is 0.0232. The molecule has 1 aromatic rings. The summed E-state index contributed by atoms with van der Waals surface area (Å²) in [5.74, 6) is -0.420. The highest BCUT2D eigenvalue weighted by atomic mass is 35.5. The molecule has 0 spiro atoms. The topological polar surface area (TPSA) is 89.3 Å². The van der Waals surface area contributed by atoms with Crippen molar-refractivity contribution in [3.8, 4) is 0 Å². The first-order valence-corrected chi connectivity index (χ1v) is 6.77. The van der Waals surface area contributed by atoms with E-state index in [9.17, 15) is 13.2 Å². The largest absolute Gasteiger partial charge is 0.326 e. The molecule has 1 aromatic carbocycles. The zero-order valence-electron chi connectivity index (χ0n) is 9.40. The molecule has 0 bridgehead atoms. The lowest BCUT2D eigenvalue weighted by atomic mass is 10.2. The van der Waals surface area contributed by atoms with E-state index in [2.05, 4.69) is 5.32 Å². The average Bonchev–Trinajstić information content (AvgIpc) is 2.19. The third kappa shape index (κ3) is 3.69. The van der Waals surface area contributed by atoms with Crippen molar-refractivity contribution in [2.24, 2.45) is 11.1 Å². The number of sulfonamides is 1. The van der Waals surface area contributed by atoms with E-state index in [1.807, 2.05) is 0 Å². The lowest BCUT2D eigenvalue weighted by Gasteiger charge is -2.09. The van der Waals surface area contributed by atoms with Gasteiger partial charge in [0.1, 0.15) is 4.90 Å². The Balaban J connectivity index is 3.10. The number of hydrogen-bond acceptors (Lipinski definition) is 3. The maximum absolute atomic E-state index is 11.4. The number of carbonyl (C=O) groups is 1. The highest BCUT2D eigenvalue weighted by Crippen LogP contribution is 2.24. The van der Waals surface area contributed by atoms with Crippen molar-refractivity contribution in [1.82, 2.24) is 0 Å². The Morgan fingerprint density at radius 1 is 1.41 bits per heavy atom. The predicted octanol–water partition coefficient (Wildman–Crippen LogP) is 1.58. The smallest absolute Gasteiger partial charge is 0.239 e. The summed E-state index contributed by atoms with van der Waals surface area (Å²) in [5, 5.41) is 7.58. The molecule has 0 aliphatic rings. The summed E-state index contributed by atoms with van der Waals surface area (Å²) in [6.45, 7) is 3.46. The van der Waals surface area contributed by atoms with Gasteiger partial charge in [-0.05, 0) is 18.2 Å². The van der Waals surface area contributed by atoms with Gasteiger partial charge in [0, 0.05) is 11.6 Å². The van der Waals surface area contributed by atoms with Gasteiger partial charge in [0.2, 0.25) is 15.9 Å². The van der Waals surface area contributed by atoms with Gasteiger partial charge in [0.05, 0.1) is 5.02 Å². The number of nitrogens with one attached hydrogen (secondary N) is 1. The molecule has 0 aliphatic carbocycles. The molecular weight excluding hydrogens is 264 g/mol. The molecular formula is C10H13ClN2O3S. The normalized spacial score (nSPS) is 11.6. The molecule has 5 nitrogen and oxygen atoms in total. The fraction of sp³-hybridized carbons (Fsp3) is 0.300. The van der Waals surface area contributed by atoms with E-state index < -0.39 is 10.0 Å². The van der Waals surface area contributed by atoms with E-state index in [0.717, 1.165) is 0 Å². The zero-order valence-corrected chi connectivity index (χ0v) is 11.0. The fourth-order valence-corrected chi connectivity index (χ4v) is 2.16. The summed E-state index contributed by atoms with van der Waals surface area (Å²) in [5.41, 5.74) is 0.345. The predicted molar refractivity (Wildman–Crippen MR) is 66.3 cm³/mol. The third-order valence-corrected chi connectivity index (χ3v) is 3.42. The molecule has 0 saturated carbocycles. The second kappa shape index (κ2) is 5.03. The standard InChI is InChI=1S/C10H13ClN2O3S/c1-6(2)10(14)13-7-3-4-8(11)9(5-7)17(12,15)16/h3-6H,1-2H3,(H,13,14)(H2,12,15,16). The number of anilines is 1. The van der Waals surface area contributed by atoms with Crippen molar-refractivity contribution in [1.29, 1.82) is 0 Å². The second-order valence-electron chi connectivity index (χ2n) is 3.83. The molecule has 0 unspecified atom stereocenters. The maximum Gasteiger partial charge on any atom is 0.239 e. The lowest BCUT2D eigenvalue weighted by molar-refractivity contribution is -0.118. The molecule has 0 aromatic heterocycles. The van der Waals surface area contributed by atoms with Gasteiger partial charge in [-0.2, -0.15) is 0 Å². The molecule has 0 saturated heterocycles. The Bertz CT molecular complexity index is 540. The molecule has 0 aliphatic heterocycles. The number of rotatable bonds is 3. The van der Waals surface area contributed by atoms with Crippen LogP contribution >= 0.6 is 11.6 Å². The van der Waals surface area contributed by atoms with Crippen molar-refractivity contribution in [2.45, 2.75) is 18.7 Å². The summed E-state index contributed by atoms with van der Waals surface area (Å²) < 4.78 is 22.4. The number of benzene rings is 1. The second-order valence-corrected chi connectivity index (χ2v) is 5.77. The highest BCUT2D eigenvalue weighted by molar-refractivity contribution is 7.89. The van der Waals surface area contributed by atoms with Crippen molar-refractivity contribution in [2.75, 3.05) is 5.32 Å². The van der Waals surface area contributed by atoms with Gasteiger partial charge in [-0.15, -0.1) is 0 Å². The molecule has 0 radical (unpaired) electrons. The quantitative estimate of drug-likeness (QED) is 0.878. The number of halogens is 1. The molecule has 1 amide bonds. The minimum Gasteiger partial charge on any atom is -0.326 e. The number of primary sulfonamides is 1. The number of hydrogen-bond donors (Lipinski definition) is 2. The van der Waals surface area contributed by atoms with Crippen LogP contribution in [0.5, 0.6) is 0 Å². The highest BCUT2D eigenvalue weighted by Gasteiger charge is 2.15. The van der Waals surface area contributed by atoms with Crippen molar-refractivity contribution in [3.63, 3.8) is 0 Å². The van der Waals surface area contributed by atoms with E-state index >= 15 is 0 Å². The van der Waals surface area contributed by atoms with Gasteiger partial charge >= 0.3 is 0 Å². The Hall–Kier alpha value is -1.11. The molecule has 7 heteroatoms. The summed E-state index contributed by atoms with van der Waals surface area (Å²) in [6, 6.07) is 4.12. The van der Waals surface area contributed by atoms with Gasteiger partial charge in [-0.3, -0.25) is 4.79 Å². The summed E-state index contributed by atoms with van der Waals surface area (Å²) >= 11 is 5.71. The zero-order chi connectivity index (χ0) is 13.2. The SMILES string of the molecule is CC(C)C(=O)Nc1ccc(Cl)c(S(N)(=O)=O)c1. The molecule has 0 fully saturated rings. The molecule has 1 rings (SSSR count). The van der Waals surface area contributed by atoms with Crippen LogP contribution in [0.25, 0.3) is 0 Å². The van der Waals surface area contributed by atoms with Crippen molar-refractivity contribution >= 4 is 33.2 Å². The van der Waals surface area contributed by atoms with Gasteiger partial charge in [0.25, 0.3) is 0 Å². The van der Waals surface area contributed by atoms with Crippen LogP contribution in [0.3, 0.4) is 0 Å². The van der Waals surface area contributed by atoms with E-state index in [1.54, 1.807) is 13.8 Å². The van der Waals surface area contributed by atoms with E-state index in [1.165, 1.54) is 18.2 Å². The minimum atomic E-state index is -3.90.